The number of amides is 1. The largest absolute Gasteiger partial charge is 0.443 e. The number of hydrogen-bond acceptors (Lipinski definition) is 3. The number of ether oxygens (including phenoxy) is 1. The molecule has 4 heteroatoms. The molecule has 2 aromatic rings. The van der Waals surface area contributed by atoms with E-state index in [4.69, 9.17) is 4.74 Å². The molecule has 4 nitrogen and oxygen atoms in total. The number of rotatable bonds is 2. The number of hydrogen-bond donors (Lipinski definition) is 1. The minimum Gasteiger partial charge on any atom is -0.443 e. The molecule has 1 N–H and O–H groups in total. The number of carbonyl (C=O) groups is 1. The van der Waals surface area contributed by atoms with Crippen LogP contribution in [0.15, 0.2) is 66.7 Å². The third-order valence-electron chi connectivity index (χ3n) is 4.27. The van der Waals surface area contributed by atoms with Crippen LogP contribution in [-0.2, 0) is 4.74 Å². The number of aliphatic hydroxyl groups is 1. The van der Waals surface area contributed by atoms with Gasteiger partial charge in [0.1, 0.15) is 11.8 Å². The van der Waals surface area contributed by atoms with Crippen LogP contribution in [0.4, 0.5) is 4.79 Å². The summed E-state index contributed by atoms with van der Waals surface area (Å²) in [5.41, 5.74) is 2.03. The van der Waals surface area contributed by atoms with Crippen molar-refractivity contribution in [3.63, 3.8) is 0 Å². The molecular formula is C22H25NO3. The predicted molar refractivity (Wildman–Crippen MR) is 102 cm³/mol. The maximum Gasteiger partial charge on any atom is 0.416 e. The summed E-state index contributed by atoms with van der Waals surface area (Å²) in [6.45, 7) is 5.46. The maximum absolute atomic E-state index is 12.8. The number of aliphatic hydroxyl groups excluding tert-OH is 1. The smallest absolute Gasteiger partial charge is 0.416 e. The van der Waals surface area contributed by atoms with Crippen molar-refractivity contribution in [3.8, 4) is 0 Å². The predicted octanol–water partition coefficient (Wildman–Crippen LogP) is 4.77. The average molecular weight is 351 g/mol. The first-order valence-electron chi connectivity index (χ1n) is 8.87. The Morgan fingerprint density at radius 2 is 1.62 bits per heavy atom. The normalized spacial score (nSPS) is 20.5. The van der Waals surface area contributed by atoms with Crippen LogP contribution in [0.5, 0.6) is 0 Å². The maximum atomic E-state index is 12.8. The highest BCUT2D eigenvalue weighted by atomic mass is 16.6. The molecule has 0 radical (unpaired) electrons. The lowest BCUT2D eigenvalue weighted by molar-refractivity contribution is -0.0134. The van der Waals surface area contributed by atoms with E-state index in [2.05, 4.69) is 0 Å². The van der Waals surface area contributed by atoms with Crippen molar-refractivity contribution in [2.45, 2.75) is 44.9 Å². The fraction of sp³-hybridized carbons (Fsp3) is 0.318. The summed E-state index contributed by atoms with van der Waals surface area (Å²) in [6.07, 6.45) is 0.989. The van der Waals surface area contributed by atoms with E-state index in [-0.39, 0.29) is 5.92 Å². The lowest BCUT2D eigenvalue weighted by Gasteiger charge is -2.37. The summed E-state index contributed by atoms with van der Waals surface area (Å²) in [7, 11) is 0. The van der Waals surface area contributed by atoms with Crippen LogP contribution in [0.3, 0.4) is 0 Å². The Morgan fingerprint density at radius 1 is 1.04 bits per heavy atom. The lowest BCUT2D eigenvalue weighted by atomic mass is 9.89. The minimum absolute atomic E-state index is 0.0279. The molecule has 0 spiro atoms. The summed E-state index contributed by atoms with van der Waals surface area (Å²) in [4.78, 5) is 14.1. The summed E-state index contributed by atoms with van der Waals surface area (Å²) in [5.74, 6) is 0.0279. The van der Waals surface area contributed by atoms with Gasteiger partial charge in [0.25, 0.3) is 0 Å². The Hall–Kier alpha value is -2.59. The van der Waals surface area contributed by atoms with Crippen molar-refractivity contribution in [2.75, 3.05) is 0 Å². The number of carbonyl (C=O) groups excluding carboxylic acids is 1. The van der Waals surface area contributed by atoms with Gasteiger partial charge in [-0.2, -0.15) is 0 Å². The van der Waals surface area contributed by atoms with Gasteiger partial charge < -0.3 is 9.84 Å². The average Bonchev–Trinajstić information content (AvgIpc) is 2.61. The van der Waals surface area contributed by atoms with Crippen LogP contribution in [0.1, 0.15) is 44.2 Å². The molecule has 1 unspecified atom stereocenters. The third-order valence-corrected chi connectivity index (χ3v) is 4.27. The highest BCUT2D eigenvalue weighted by Gasteiger charge is 2.36. The van der Waals surface area contributed by atoms with E-state index >= 15 is 0 Å². The van der Waals surface area contributed by atoms with Gasteiger partial charge in [-0.05, 0) is 31.9 Å². The number of allylic oxidation sites excluding steroid dienone is 1. The van der Waals surface area contributed by atoms with Crippen molar-refractivity contribution in [1.82, 2.24) is 4.90 Å². The van der Waals surface area contributed by atoms with Crippen molar-refractivity contribution < 1.29 is 14.6 Å². The molecule has 3 rings (SSSR count). The molecule has 1 aliphatic heterocycles. The zero-order chi connectivity index (χ0) is 18.7. The molecule has 1 heterocycles. The zero-order valence-electron chi connectivity index (χ0n) is 15.4. The highest BCUT2D eigenvalue weighted by Crippen LogP contribution is 2.37. The molecule has 0 fully saturated rings. The summed E-state index contributed by atoms with van der Waals surface area (Å²) in [5, 5.41) is 10.8. The molecule has 136 valence electrons. The zero-order valence-corrected chi connectivity index (χ0v) is 15.4. The van der Waals surface area contributed by atoms with Gasteiger partial charge in [-0.1, -0.05) is 66.7 Å². The van der Waals surface area contributed by atoms with Crippen molar-refractivity contribution in [2.24, 2.45) is 0 Å². The van der Waals surface area contributed by atoms with Gasteiger partial charge in [0.05, 0.1) is 5.70 Å². The molecule has 0 aliphatic carbocycles. The quantitative estimate of drug-likeness (QED) is 0.848. The fourth-order valence-corrected chi connectivity index (χ4v) is 3.14. The molecule has 26 heavy (non-hydrogen) atoms. The van der Waals surface area contributed by atoms with E-state index in [1.807, 2.05) is 87.5 Å². The summed E-state index contributed by atoms with van der Waals surface area (Å²) in [6, 6.07) is 19.7. The molecule has 0 saturated heterocycles. The van der Waals surface area contributed by atoms with Crippen molar-refractivity contribution >= 4 is 11.8 Å². The van der Waals surface area contributed by atoms with Gasteiger partial charge in [0, 0.05) is 12.3 Å². The number of benzene rings is 2. The van der Waals surface area contributed by atoms with Gasteiger partial charge in [-0.25, -0.2) is 4.79 Å². The van der Waals surface area contributed by atoms with E-state index in [9.17, 15) is 9.90 Å². The van der Waals surface area contributed by atoms with E-state index < -0.39 is 17.9 Å². The molecular weight excluding hydrogens is 326 g/mol. The summed E-state index contributed by atoms with van der Waals surface area (Å²) < 4.78 is 5.53. The van der Waals surface area contributed by atoms with Gasteiger partial charge in [0.2, 0.25) is 0 Å². The molecule has 0 aromatic heterocycles. The molecule has 0 bridgehead atoms. The standard InChI is InChI=1S/C22H25NO3/c1-22(2,3)26-21(25)23-19(17-12-8-5-9-13-17)14-18(15-20(23)24)16-10-6-4-7-11-16/h4-14,18,20,24H,15H2,1-3H3/t18-,20?/m0/s1. The van der Waals surface area contributed by atoms with Crippen molar-refractivity contribution in [3.05, 3.63) is 77.9 Å². The Bertz CT molecular complexity index is 778. The monoisotopic (exact) mass is 351 g/mol. The molecule has 0 saturated carbocycles. The Morgan fingerprint density at radius 3 is 2.19 bits per heavy atom. The van der Waals surface area contributed by atoms with E-state index in [1.165, 1.54) is 4.90 Å². The second kappa shape index (κ2) is 7.34. The fourth-order valence-electron chi connectivity index (χ4n) is 3.14. The van der Waals surface area contributed by atoms with Crippen LogP contribution in [0.25, 0.3) is 5.70 Å². The second-order valence-electron chi connectivity index (χ2n) is 7.50. The van der Waals surface area contributed by atoms with Crippen LogP contribution in [0.2, 0.25) is 0 Å². The lowest BCUT2D eigenvalue weighted by Crippen LogP contribution is -2.44. The Kier molecular flexibility index (Phi) is 5.14. The van der Waals surface area contributed by atoms with Crippen LogP contribution >= 0.6 is 0 Å². The van der Waals surface area contributed by atoms with Crippen LogP contribution < -0.4 is 0 Å². The molecule has 1 aliphatic rings. The topological polar surface area (TPSA) is 49.8 Å². The molecule has 2 atom stereocenters. The van der Waals surface area contributed by atoms with Gasteiger partial charge in [-0.15, -0.1) is 0 Å². The first-order valence-corrected chi connectivity index (χ1v) is 8.87. The van der Waals surface area contributed by atoms with Crippen LogP contribution in [-0.4, -0.2) is 27.9 Å². The first kappa shape index (κ1) is 18.2. The van der Waals surface area contributed by atoms with Gasteiger partial charge >= 0.3 is 6.09 Å². The second-order valence-corrected chi connectivity index (χ2v) is 7.50. The molecule has 2 aromatic carbocycles. The minimum atomic E-state index is -0.949. The van der Waals surface area contributed by atoms with Gasteiger partial charge in [-0.3, -0.25) is 4.90 Å². The number of nitrogens with zero attached hydrogens (tertiary/aromatic N) is 1. The van der Waals surface area contributed by atoms with Crippen molar-refractivity contribution in [1.29, 1.82) is 0 Å². The van der Waals surface area contributed by atoms with E-state index in [1.54, 1.807) is 0 Å². The Balaban J connectivity index is 2.02. The van der Waals surface area contributed by atoms with Gasteiger partial charge in [0.15, 0.2) is 0 Å². The van der Waals surface area contributed by atoms with E-state index in [0.29, 0.717) is 12.1 Å². The highest BCUT2D eigenvalue weighted by molar-refractivity contribution is 5.83. The Labute approximate surface area is 154 Å². The van der Waals surface area contributed by atoms with Crippen LogP contribution in [0, 0.1) is 0 Å². The SMILES string of the molecule is CC(C)(C)OC(=O)N1C(c2ccccc2)=C[C@H](c2ccccc2)CC1O. The summed E-state index contributed by atoms with van der Waals surface area (Å²) >= 11 is 0. The molecule has 1 amide bonds. The van der Waals surface area contributed by atoms with E-state index in [0.717, 1.165) is 11.1 Å². The third kappa shape index (κ3) is 4.14. The first-order chi connectivity index (χ1) is 12.3.